The van der Waals surface area contributed by atoms with Gasteiger partial charge in [0.25, 0.3) is 17.0 Å². The minimum atomic E-state index is -0.861. The lowest BCUT2D eigenvalue weighted by atomic mass is 10.1. The number of halogens is 1. The maximum absolute atomic E-state index is 13.2. The summed E-state index contributed by atoms with van der Waals surface area (Å²) in [4.78, 5) is 56.5. The third-order valence-corrected chi connectivity index (χ3v) is 5.21. The fourth-order valence-corrected chi connectivity index (χ4v) is 3.36. The highest BCUT2D eigenvalue weighted by molar-refractivity contribution is 5.93. The Labute approximate surface area is 197 Å². The molecule has 2 aromatic carbocycles. The van der Waals surface area contributed by atoms with Crippen LogP contribution in [0.4, 0.5) is 4.39 Å². The summed E-state index contributed by atoms with van der Waals surface area (Å²) in [6.07, 6.45) is 2.38. The minimum absolute atomic E-state index is 0.0252. The number of nitrogens with zero attached hydrogens (tertiary/aromatic N) is 3. The van der Waals surface area contributed by atoms with Crippen molar-refractivity contribution in [3.63, 3.8) is 0 Å². The normalized spacial score (nSPS) is 10.7. The predicted molar refractivity (Wildman–Crippen MR) is 125 cm³/mol. The van der Waals surface area contributed by atoms with Crippen molar-refractivity contribution in [2.75, 3.05) is 13.7 Å². The average Bonchev–Trinajstić information content (AvgIpc) is 2.86. The van der Waals surface area contributed by atoms with Crippen molar-refractivity contribution < 1.29 is 13.9 Å². The molecule has 0 spiro atoms. The standard InChI is InChI=1S/C24H20FN5O5/c1-35-18-8-2-15(3-9-18)20-12-21(31)29(14-28-20)11-10-26-22(32)19-13-27-24(34)30(23(19)33)17-6-4-16(25)5-7-17/h2-9,12-14H,10-11H2,1H3,(H,26,32)(H,27,34). The number of benzene rings is 2. The van der Waals surface area contributed by atoms with Crippen LogP contribution in [0.2, 0.25) is 0 Å². The van der Waals surface area contributed by atoms with Crippen LogP contribution in [0.3, 0.4) is 0 Å². The zero-order chi connectivity index (χ0) is 24.9. The summed E-state index contributed by atoms with van der Waals surface area (Å²) in [6, 6.07) is 13.2. The van der Waals surface area contributed by atoms with E-state index in [1.165, 1.54) is 29.1 Å². The maximum Gasteiger partial charge on any atom is 0.333 e. The molecule has 0 bridgehead atoms. The number of ether oxygens (including phenoxy) is 1. The summed E-state index contributed by atoms with van der Waals surface area (Å²) in [5.74, 6) is -0.586. The van der Waals surface area contributed by atoms with Gasteiger partial charge in [-0.3, -0.25) is 19.0 Å². The number of hydrogen-bond acceptors (Lipinski definition) is 6. The van der Waals surface area contributed by atoms with Crippen LogP contribution in [0.5, 0.6) is 5.75 Å². The molecule has 0 unspecified atom stereocenters. The molecule has 0 radical (unpaired) electrons. The van der Waals surface area contributed by atoms with Gasteiger partial charge in [0.15, 0.2) is 0 Å². The molecule has 0 aliphatic carbocycles. The van der Waals surface area contributed by atoms with Gasteiger partial charge in [0.1, 0.15) is 17.1 Å². The first-order valence-electron chi connectivity index (χ1n) is 10.5. The molecule has 2 heterocycles. The molecule has 4 rings (SSSR count). The average molecular weight is 477 g/mol. The van der Waals surface area contributed by atoms with Crippen LogP contribution in [0.1, 0.15) is 10.4 Å². The van der Waals surface area contributed by atoms with Crippen molar-refractivity contribution in [1.29, 1.82) is 0 Å². The Morgan fingerprint density at radius 3 is 2.46 bits per heavy atom. The lowest BCUT2D eigenvalue weighted by Gasteiger charge is -2.10. The van der Waals surface area contributed by atoms with E-state index >= 15 is 0 Å². The molecular formula is C24H20FN5O5. The van der Waals surface area contributed by atoms with Crippen molar-refractivity contribution in [3.05, 3.63) is 110 Å². The second-order valence-corrected chi connectivity index (χ2v) is 7.41. The van der Waals surface area contributed by atoms with E-state index in [0.29, 0.717) is 11.4 Å². The van der Waals surface area contributed by atoms with Crippen LogP contribution in [0.25, 0.3) is 16.9 Å². The molecule has 0 aliphatic heterocycles. The van der Waals surface area contributed by atoms with Gasteiger partial charge in [-0.1, -0.05) is 0 Å². The van der Waals surface area contributed by atoms with Crippen LogP contribution in [-0.4, -0.2) is 38.7 Å². The molecule has 2 N–H and O–H groups in total. The number of carbonyl (C=O) groups excluding carboxylic acids is 1. The maximum atomic E-state index is 13.2. The number of aromatic amines is 1. The summed E-state index contributed by atoms with van der Waals surface area (Å²) >= 11 is 0. The fraction of sp³-hybridized carbons (Fsp3) is 0.125. The number of nitrogens with one attached hydrogen (secondary N) is 2. The molecule has 0 aliphatic rings. The smallest absolute Gasteiger partial charge is 0.333 e. The lowest BCUT2D eigenvalue weighted by molar-refractivity contribution is 0.0949. The van der Waals surface area contributed by atoms with E-state index in [0.717, 1.165) is 28.5 Å². The van der Waals surface area contributed by atoms with Crippen LogP contribution in [-0.2, 0) is 6.54 Å². The van der Waals surface area contributed by atoms with Crippen molar-refractivity contribution in [2.45, 2.75) is 6.54 Å². The van der Waals surface area contributed by atoms with E-state index in [4.69, 9.17) is 4.74 Å². The molecule has 10 nitrogen and oxygen atoms in total. The Balaban J connectivity index is 1.45. The molecular weight excluding hydrogens is 457 g/mol. The van der Waals surface area contributed by atoms with Crippen molar-refractivity contribution in [3.8, 4) is 22.7 Å². The van der Waals surface area contributed by atoms with E-state index in [1.807, 2.05) is 0 Å². The minimum Gasteiger partial charge on any atom is -0.497 e. The molecule has 4 aromatic rings. The third kappa shape index (κ3) is 5.08. The first-order chi connectivity index (χ1) is 16.9. The van der Waals surface area contributed by atoms with E-state index in [2.05, 4.69) is 15.3 Å². The lowest BCUT2D eigenvalue weighted by Crippen LogP contribution is -2.40. The molecule has 1 amide bonds. The molecule has 0 saturated heterocycles. The van der Waals surface area contributed by atoms with Gasteiger partial charge in [0.2, 0.25) is 0 Å². The van der Waals surface area contributed by atoms with Gasteiger partial charge in [-0.05, 0) is 48.5 Å². The van der Waals surface area contributed by atoms with Gasteiger partial charge in [-0.25, -0.2) is 18.7 Å². The van der Waals surface area contributed by atoms with Crippen molar-refractivity contribution >= 4 is 5.91 Å². The van der Waals surface area contributed by atoms with Crippen LogP contribution < -0.4 is 26.9 Å². The molecule has 2 aromatic heterocycles. The van der Waals surface area contributed by atoms with E-state index in [1.54, 1.807) is 31.4 Å². The molecule has 0 atom stereocenters. The third-order valence-electron chi connectivity index (χ3n) is 5.21. The molecule has 11 heteroatoms. The van der Waals surface area contributed by atoms with Crippen molar-refractivity contribution in [1.82, 2.24) is 24.4 Å². The second kappa shape index (κ2) is 10.00. The number of aromatic nitrogens is 4. The van der Waals surface area contributed by atoms with E-state index < -0.39 is 23.0 Å². The Morgan fingerprint density at radius 2 is 1.80 bits per heavy atom. The highest BCUT2D eigenvalue weighted by Crippen LogP contribution is 2.19. The predicted octanol–water partition coefficient (Wildman–Crippen LogP) is 1.33. The summed E-state index contributed by atoms with van der Waals surface area (Å²) < 4.78 is 20.4. The first kappa shape index (κ1) is 23.4. The number of rotatable bonds is 7. The van der Waals surface area contributed by atoms with E-state index in [9.17, 15) is 23.6 Å². The molecule has 0 fully saturated rings. The monoisotopic (exact) mass is 477 g/mol. The summed E-state index contributed by atoms with van der Waals surface area (Å²) in [7, 11) is 1.56. The zero-order valence-corrected chi connectivity index (χ0v) is 18.5. The van der Waals surface area contributed by atoms with Gasteiger partial charge in [-0.2, -0.15) is 0 Å². The molecule has 35 heavy (non-hydrogen) atoms. The van der Waals surface area contributed by atoms with Gasteiger partial charge in [-0.15, -0.1) is 0 Å². The number of methoxy groups -OCH3 is 1. The van der Waals surface area contributed by atoms with Gasteiger partial charge in [0.05, 0.1) is 24.8 Å². The largest absolute Gasteiger partial charge is 0.497 e. The number of hydrogen-bond donors (Lipinski definition) is 2. The topological polar surface area (TPSA) is 128 Å². The molecule has 0 saturated carbocycles. The fourth-order valence-electron chi connectivity index (χ4n) is 3.36. The Kier molecular flexibility index (Phi) is 6.67. The van der Waals surface area contributed by atoms with Crippen LogP contribution in [0.15, 0.2) is 81.5 Å². The highest BCUT2D eigenvalue weighted by Gasteiger charge is 2.16. The number of H-pyrrole nitrogens is 1. The van der Waals surface area contributed by atoms with Gasteiger partial charge in [0, 0.05) is 30.9 Å². The zero-order valence-electron chi connectivity index (χ0n) is 18.5. The first-order valence-corrected chi connectivity index (χ1v) is 10.5. The quantitative estimate of drug-likeness (QED) is 0.413. The van der Waals surface area contributed by atoms with Gasteiger partial charge < -0.3 is 15.0 Å². The Bertz CT molecular complexity index is 1540. The Morgan fingerprint density at radius 1 is 1.09 bits per heavy atom. The highest BCUT2D eigenvalue weighted by atomic mass is 19.1. The SMILES string of the molecule is COc1ccc(-c2cc(=O)n(CCNC(=O)c3c[nH]c(=O)n(-c4ccc(F)cc4)c3=O)cn2)cc1. The van der Waals surface area contributed by atoms with Crippen LogP contribution >= 0.6 is 0 Å². The molecule has 178 valence electrons. The Hall–Kier alpha value is -4.80. The second-order valence-electron chi connectivity index (χ2n) is 7.41. The van der Waals surface area contributed by atoms with Crippen molar-refractivity contribution in [2.24, 2.45) is 0 Å². The summed E-state index contributed by atoms with van der Waals surface area (Å²) in [6.45, 7) is 0.132. The number of carbonyl (C=O) groups is 1. The van der Waals surface area contributed by atoms with Crippen LogP contribution in [0, 0.1) is 5.82 Å². The van der Waals surface area contributed by atoms with E-state index in [-0.39, 0.29) is 29.9 Å². The number of amides is 1. The van der Waals surface area contributed by atoms with Gasteiger partial charge >= 0.3 is 5.69 Å². The summed E-state index contributed by atoms with van der Waals surface area (Å²) in [5.41, 5.74) is -0.904. The summed E-state index contributed by atoms with van der Waals surface area (Å²) in [5, 5.41) is 2.55.